The lowest BCUT2D eigenvalue weighted by atomic mass is 9.77. The molecule has 104 valence electrons. The Labute approximate surface area is 109 Å². The largest absolute Gasteiger partial charge is 0.394 e. The van der Waals surface area contributed by atoms with E-state index >= 15 is 0 Å². The fourth-order valence-corrected chi connectivity index (χ4v) is 3.00. The van der Waals surface area contributed by atoms with E-state index in [-0.39, 0.29) is 24.5 Å². The van der Waals surface area contributed by atoms with Crippen LogP contribution in [0.2, 0.25) is 0 Å². The molecule has 1 saturated carbocycles. The van der Waals surface area contributed by atoms with Crippen molar-refractivity contribution >= 4 is 5.91 Å². The molecule has 2 N–H and O–H groups in total. The molecule has 2 atom stereocenters. The maximum atomic E-state index is 12.2. The van der Waals surface area contributed by atoms with Crippen LogP contribution in [0, 0.1) is 11.8 Å². The Morgan fingerprint density at radius 3 is 2.50 bits per heavy atom. The molecule has 1 aliphatic heterocycles. The highest BCUT2D eigenvalue weighted by molar-refractivity contribution is 5.82. The van der Waals surface area contributed by atoms with E-state index in [1.54, 1.807) is 0 Å². The van der Waals surface area contributed by atoms with Gasteiger partial charge in [-0.2, -0.15) is 0 Å². The molecule has 1 heterocycles. The van der Waals surface area contributed by atoms with E-state index in [0.717, 1.165) is 32.1 Å². The third kappa shape index (κ3) is 2.86. The topological polar surface area (TPSA) is 58.6 Å². The summed E-state index contributed by atoms with van der Waals surface area (Å²) in [7, 11) is 0. The SMILES string of the molecule is CC1CCC(CO)(NC(=O)C2OCCC2C)CC1. The van der Waals surface area contributed by atoms with Crippen molar-refractivity contribution in [2.24, 2.45) is 11.8 Å². The first-order valence-corrected chi connectivity index (χ1v) is 7.11. The van der Waals surface area contributed by atoms with Gasteiger partial charge in [0.2, 0.25) is 5.91 Å². The van der Waals surface area contributed by atoms with E-state index in [4.69, 9.17) is 4.74 Å². The Morgan fingerprint density at radius 2 is 2.00 bits per heavy atom. The molecular weight excluding hydrogens is 230 g/mol. The monoisotopic (exact) mass is 255 g/mol. The lowest BCUT2D eigenvalue weighted by molar-refractivity contribution is -0.134. The van der Waals surface area contributed by atoms with Crippen LogP contribution in [-0.4, -0.2) is 35.9 Å². The van der Waals surface area contributed by atoms with Gasteiger partial charge in [-0.15, -0.1) is 0 Å². The molecule has 1 aliphatic carbocycles. The smallest absolute Gasteiger partial charge is 0.249 e. The molecule has 0 aromatic carbocycles. The number of ether oxygens (including phenoxy) is 1. The van der Waals surface area contributed by atoms with Gasteiger partial charge in [0, 0.05) is 6.61 Å². The number of amides is 1. The van der Waals surface area contributed by atoms with Gasteiger partial charge in [0.05, 0.1) is 12.1 Å². The summed E-state index contributed by atoms with van der Waals surface area (Å²) in [5.74, 6) is 0.940. The Hall–Kier alpha value is -0.610. The lowest BCUT2D eigenvalue weighted by Gasteiger charge is -2.39. The van der Waals surface area contributed by atoms with E-state index in [9.17, 15) is 9.90 Å². The first kappa shape index (κ1) is 13.8. The Kier molecular flexibility index (Phi) is 4.28. The minimum absolute atomic E-state index is 0.0343. The predicted octanol–water partition coefficient (Wildman–Crippen LogP) is 1.47. The Balaban J connectivity index is 1.95. The molecule has 0 aromatic rings. The number of nitrogens with one attached hydrogen (secondary N) is 1. The summed E-state index contributed by atoms with van der Waals surface area (Å²) >= 11 is 0. The summed E-state index contributed by atoms with van der Waals surface area (Å²) in [5.41, 5.74) is -0.407. The van der Waals surface area contributed by atoms with Crippen LogP contribution in [0.5, 0.6) is 0 Å². The molecule has 2 fully saturated rings. The minimum Gasteiger partial charge on any atom is -0.394 e. The summed E-state index contributed by atoms with van der Waals surface area (Å²) in [4.78, 5) is 12.2. The molecule has 0 bridgehead atoms. The summed E-state index contributed by atoms with van der Waals surface area (Å²) in [5, 5.41) is 12.7. The van der Waals surface area contributed by atoms with Crippen LogP contribution in [0.4, 0.5) is 0 Å². The minimum atomic E-state index is -0.407. The quantitative estimate of drug-likeness (QED) is 0.803. The summed E-state index contributed by atoms with van der Waals surface area (Å²) in [6.45, 7) is 4.98. The highest BCUT2D eigenvalue weighted by atomic mass is 16.5. The third-order valence-corrected chi connectivity index (χ3v) is 4.57. The van der Waals surface area contributed by atoms with Gasteiger partial charge in [-0.3, -0.25) is 4.79 Å². The van der Waals surface area contributed by atoms with Crippen LogP contribution in [0.25, 0.3) is 0 Å². The van der Waals surface area contributed by atoms with Gasteiger partial charge in [-0.1, -0.05) is 13.8 Å². The zero-order chi connectivity index (χ0) is 13.2. The second kappa shape index (κ2) is 5.57. The molecule has 1 amide bonds. The standard InChI is InChI=1S/C14H25NO3/c1-10-3-6-14(9-16,7-4-10)15-13(17)12-11(2)5-8-18-12/h10-12,16H,3-9H2,1-2H3,(H,15,17). The molecule has 1 saturated heterocycles. The van der Waals surface area contributed by atoms with Crippen molar-refractivity contribution in [3.8, 4) is 0 Å². The van der Waals surface area contributed by atoms with Crippen LogP contribution < -0.4 is 5.32 Å². The molecule has 4 nitrogen and oxygen atoms in total. The number of carbonyl (C=O) groups excluding carboxylic acids is 1. The second-order valence-electron chi connectivity index (χ2n) is 6.17. The van der Waals surface area contributed by atoms with E-state index in [0.29, 0.717) is 12.5 Å². The second-order valence-corrected chi connectivity index (χ2v) is 6.17. The summed E-state index contributed by atoms with van der Waals surface area (Å²) in [6.07, 6.45) is 4.51. The maximum absolute atomic E-state index is 12.2. The normalized spacial score (nSPS) is 40.7. The average Bonchev–Trinajstić information content (AvgIpc) is 2.79. The molecule has 18 heavy (non-hydrogen) atoms. The van der Waals surface area contributed by atoms with E-state index in [1.807, 2.05) is 6.92 Å². The Morgan fingerprint density at radius 1 is 1.33 bits per heavy atom. The highest BCUT2D eigenvalue weighted by Gasteiger charge is 2.39. The molecule has 2 unspecified atom stereocenters. The number of aliphatic hydroxyl groups excluding tert-OH is 1. The number of hydrogen-bond donors (Lipinski definition) is 2. The van der Waals surface area contributed by atoms with Crippen LogP contribution >= 0.6 is 0 Å². The molecule has 0 aromatic heterocycles. The maximum Gasteiger partial charge on any atom is 0.249 e. The lowest BCUT2D eigenvalue weighted by Crippen LogP contribution is -2.56. The van der Waals surface area contributed by atoms with Crippen LogP contribution in [0.3, 0.4) is 0 Å². The molecular formula is C14H25NO3. The number of carbonyl (C=O) groups is 1. The fourth-order valence-electron chi connectivity index (χ4n) is 3.00. The van der Waals surface area contributed by atoms with Crippen molar-refractivity contribution < 1.29 is 14.6 Å². The zero-order valence-electron chi connectivity index (χ0n) is 11.4. The predicted molar refractivity (Wildman–Crippen MR) is 69.1 cm³/mol. The zero-order valence-corrected chi connectivity index (χ0v) is 11.4. The third-order valence-electron chi connectivity index (χ3n) is 4.57. The number of aliphatic hydroxyl groups is 1. The van der Waals surface area contributed by atoms with E-state index in [2.05, 4.69) is 12.2 Å². The van der Waals surface area contributed by atoms with Crippen molar-refractivity contribution in [2.45, 2.75) is 57.6 Å². The highest BCUT2D eigenvalue weighted by Crippen LogP contribution is 2.32. The van der Waals surface area contributed by atoms with Gasteiger partial charge in [0.25, 0.3) is 0 Å². The van der Waals surface area contributed by atoms with Crippen molar-refractivity contribution in [1.29, 1.82) is 0 Å². The first-order chi connectivity index (χ1) is 8.56. The van der Waals surface area contributed by atoms with Gasteiger partial charge in [-0.25, -0.2) is 0 Å². The van der Waals surface area contributed by atoms with Crippen molar-refractivity contribution in [1.82, 2.24) is 5.32 Å². The molecule has 2 aliphatic rings. The summed E-state index contributed by atoms with van der Waals surface area (Å²) < 4.78 is 5.49. The van der Waals surface area contributed by atoms with Gasteiger partial charge in [0.15, 0.2) is 0 Å². The first-order valence-electron chi connectivity index (χ1n) is 7.11. The molecule has 2 rings (SSSR count). The molecule has 0 radical (unpaired) electrons. The van der Waals surface area contributed by atoms with E-state index in [1.165, 1.54) is 0 Å². The molecule has 4 heteroatoms. The van der Waals surface area contributed by atoms with Crippen LogP contribution in [0.1, 0.15) is 46.0 Å². The van der Waals surface area contributed by atoms with Crippen LogP contribution in [0.15, 0.2) is 0 Å². The van der Waals surface area contributed by atoms with Gasteiger partial charge < -0.3 is 15.2 Å². The fraction of sp³-hybridized carbons (Fsp3) is 0.929. The number of hydrogen-bond acceptors (Lipinski definition) is 3. The van der Waals surface area contributed by atoms with Crippen LogP contribution in [-0.2, 0) is 9.53 Å². The summed E-state index contributed by atoms with van der Waals surface area (Å²) in [6, 6.07) is 0. The number of rotatable bonds is 3. The van der Waals surface area contributed by atoms with Crippen molar-refractivity contribution in [2.75, 3.05) is 13.2 Å². The van der Waals surface area contributed by atoms with Gasteiger partial charge in [0.1, 0.15) is 6.10 Å². The van der Waals surface area contributed by atoms with E-state index < -0.39 is 5.54 Å². The average molecular weight is 255 g/mol. The van der Waals surface area contributed by atoms with Gasteiger partial charge >= 0.3 is 0 Å². The molecule has 0 spiro atoms. The Bertz CT molecular complexity index is 297. The van der Waals surface area contributed by atoms with Crippen molar-refractivity contribution in [3.05, 3.63) is 0 Å². The van der Waals surface area contributed by atoms with Crippen molar-refractivity contribution in [3.63, 3.8) is 0 Å². The van der Waals surface area contributed by atoms with Gasteiger partial charge in [-0.05, 0) is 43.9 Å².